The van der Waals surface area contributed by atoms with Gasteiger partial charge in [0.05, 0.1) is 11.8 Å². The number of hydrogen-bond donors (Lipinski definition) is 1. The molecule has 0 aliphatic carbocycles. The van der Waals surface area contributed by atoms with Gasteiger partial charge in [0.1, 0.15) is 13.2 Å². The number of fused-ring (bicyclic) bond motifs is 1. The van der Waals surface area contributed by atoms with Crippen molar-refractivity contribution in [2.75, 3.05) is 26.8 Å². The standard InChI is InChI=1S/C16H21NO5/c1-16(2,15(20)17(3)7-6-14(18)19)11-4-5-12-13(10-11)22-9-8-21-12/h4-5,10H,6-9H2,1-3H3,(H,18,19). The number of nitrogens with zero attached hydrogens (tertiary/aromatic N) is 1. The lowest BCUT2D eigenvalue weighted by Gasteiger charge is -2.30. The highest BCUT2D eigenvalue weighted by molar-refractivity contribution is 5.87. The SMILES string of the molecule is CN(CCC(=O)O)C(=O)C(C)(C)c1ccc2c(c1)OCCO2. The van der Waals surface area contributed by atoms with Crippen molar-refractivity contribution < 1.29 is 24.2 Å². The van der Waals surface area contributed by atoms with E-state index in [0.717, 1.165) is 5.56 Å². The lowest BCUT2D eigenvalue weighted by molar-refractivity contribution is -0.139. The molecule has 6 heteroatoms. The first-order chi connectivity index (χ1) is 10.3. The molecule has 0 fully saturated rings. The molecule has 0 spiro atoms. The van der Waals surface area contributed by atoms with Gasteiger partial charge in [-0.1, -0.05) is 6.07 Å². The third-order valence-corrected chi connectivity index (χ3v) is 3.81. The summed E-state index contributed by atoms with van der Waals surface area (Å²) in [5, 5.41) is 8.73. The van der Waals surface area contributed by atoms with Crippen molar-refractivity contribution in [2.45, 2.75) is 25.7 Å². The van der Waals surface area contributed by atoms with Gasteiger partial charge >= 0.3 is 5.97 Å². The molecule has 0 radical (unpaired) electrons. The second-order valence-electron chi connectivity index (χ2n) is 5.85. The van der Waals surface area contributed by atoms with Crippen LogP contribution in [0, 0.1) is 0 Å². The summed E-state index contributed by atoms with van der Waals surface area (Å²) in [6.07, 6.45) is -0.0700. The molecule has 1 aliphatic rings. The van der Waals surface area contributed by atoms with Gasteiger partial charge in [-0.15, -0.1) is 0 Å². The van der Waals surface area contributed by atoms with Crippen LogP contribution in [0.1, 0.15) is 25.8 Å². The summed E-state index contributed by atoms with van der Waals surface area (Å²) < 4.78 is 11.0. The van der Waals surface area contributed by atoms with Crippen LogP contribution in [0.3, 0.4) is 0 Å². The summed E-state index contributed by atoms with van der Waals surface area (Å²) in [6.45, 7) is 4.83. The lowest BCUT2D eigenvalue weighted by Crippen LogP contribution is -2.42. The first kappa shape index (κ1) is 16.1. The van der Waals surface area contributed by atoms with Crippen LogP contribution < -0.4 is 9.47 Å². The Labute approximate surface area is 129 Å². The molecular weight excluding hydrogens is 286 g/mol. The molecule has 1 N–H and O–H groups in total. The van der Waals surface area contributed by atoms with Crippen molar-refractivity contribution in [3.63, 3.8) is 0 Å². The van der Waals surface area contributed by atoms with Crippen molar-refractivity contribution in [2.24, 2.45) is 0 Å². The summed E-state index contributed by atoms with van der Waals surface area (Å²) in [5.74, 6) is 0.262. The number of ether oxygens (including phenoxy) is 2. The summed E-state index contributed by atoms with van der Waals surface area (Å²) in [6, 6.07) is 5.46. The van der Waals surface area contributed by atoms with E-state index in [1.54, 1.807) is 13.1 Å². The molecule has 6 nitrogen and oxygen atoms in total. The Morgan fingerprint density at radius 2 is 1.86 bits per heavy atom. The summed E-state index contributed by atoms with van der Waals surface area (Å²) >= 11 is 0. The Morgan fingerprint density at radius 1 is 1.23 bits per heavy atom. The van der Waals surface area contributed by atoms with Crippen molar-refractivity contribution in [1.82, 2.24) is 4.90 Å². The fourth-order valence-electron chi connectivity index (χ4n) is 2.40. The van der Waals surface area contributed by atoms with Gasteiger partial charge in [0.25, 0.3) is 0 Å². The van der Waals surface area contributed by atoms with Gasteiger partial charge in [0.15, 0.2) is 11.5 Å². The van der Waals surface area contributed by atoms with E-state index >= 15 is 0 Å². The Hall–Kier alpha value is -2.24. The molecule has 0 saturated carbocycles. The Balaban J connectivity index is 2.18. The molecule has 1 aromatic rings. The average molecular weight is 307 g/mol. The van der Waals surface area contributed by atoms with E-state index in [-0.39, 0.29) is 18.9 Å². The van der Waals surface area contributed by atoms with Crippen LogP contribution in [0.4, 0.5) is 0 Å². The minimum atomic E-state index is -0.920. The highest BCUT2D eigenvalue weighted by atomic mass is 16.6. The van der Waals surface area contributed by atoms with Crippen LogP contribution in [0.2, 0.25) is 0 Å². The van der Waals surface area contributed by atoms with E-state index in [9.17, 15) is 9.59 Å². The zero-order valence-electron chi connectivity index (χ0n) is 13.1. The third-order valence-electron chi connectivity index (χ3n) is 3.81. The molecule has 1 heterocycles. The number of aliphatic carboxylic acids is 1. The molecule has 0 aromatic heterocycles. The number of rotatable bonds is 5. The number of likely N-dealkylation sites (N-methyl/N-ethyl adjacent to an activating group) is 1. The van der Waals surface area contributed by atoms with Gasteiger partial charge in [0.2, 0.25) is 5.91 Å². The minimum Gasteiger partial charge on any atom is -0.486 e. The molecule has 0 saturated heterocycles. The molecular formula is C16H21NO5. The van der Waals surface area contributed by atoms with Gasteiger partial charge in [-0.3, -0.25) is 9.59 Å². The monoisotopic (exact) mass is 307 g/mol. The van der Waals surface area contributed by atoms with Crippen LogP contribution >= 0.6 is 0 Å². The summed E-state index contributed by atoms with van der Waals surface area (Å²) in [5.41, 5.74) is 0.0345. The van der Waals surface area contributed by atoms with Gasteiger partial charge in [-0.2, -0.15) is 0 Å². The number of amides is 1. The van der Waals surface area contributed by atoms with Crippen molar-refractivity contribution in [3.8, 4) is 11.5 Å². The summed E-state index contributed by atoms with van der Waals surface area (Å²) in [4.78, 5) is 24.7. The average Bonchev–Trinajstić information content (AvgIpc) is 2.51. The Morgan fingerprint density at radius 3 is 2.50 bits per heavy atom. The maximum atomic E-state index is 12.6. The smallest absolute Gasteiger partial charge is 0.305 e. The maximum Gasteiger partial charge on any atom is 0.305 e. The van der Waals surface area contributed by atoms with E-state index in [2.05, 4.69) is 0 Å². The second-order valence-corrected chi connectivity index (χ2v) is 5.85. The van der Waals surface area contributed by atoms with Gasteiger partial charge < -0.3 is 19.5 Å². The number of benzene rings is 1. The number of carbonyl (C=O) groups is 2. The molecule has 0 atom stereocenters. The van der Waals surface area contributed by atoms with E-state index < -0.39 is 11.4 Å². The summed E-state index contributed by atoms with van der Waals surface area (Å²) in [7, 11) is 1.62. The van der Waals surface area contributed by atoms with Crippen molar-refractivity contribution in [3.05, 3.63) is 23.8 Å². The number of carbonyl (C=O) groups excluding carboxylic acids is 1. The van der Waals surface area contributed by atoms with E-state index in [4.69, 9.17) is 14.6 Å². The second kappa shape index (κ2) is 6.25. The quantitative estimate of drug-likeness (QED) is 0.895. The molecule has 1 aliphatic heterocycles. The zero-order chi connectivity index (χ0) is 16.3. The fourth-order valence-corrected chi connectivity index (χ4v) is 2.40. The molecule has 0 bridgehead atoms. The highest BCUT2D eigenvalue weighted by Crippen LogP contribution is 2.35. The minimum absolute atomic E-state index is 0.0700. The van der Waals surface area contributed by atoms with Crippen LogP contribution in [-0.4, -0.2) is 48.7 Å². The number of hydrogen-bond acceptors (Lipinski definition) is 4. The van der Waals surface area contributed by atoms with E-state index in [1.165, 1.54) is 4.90 Å². The first-order valence-electron chi connectivity index (χ1n) is 7.20. The van der Waals surface area contributed by atoms with Crippen LogP contribution in [0.25, 0.3) is 0 Å². The zero-order valence-corrected chi connectivity index (χ0v) is 13.1. The van der Waals surface area contributed by atoms with E-state index in [0.29, 0.717) is 24.7 Å². The molecule has 0 unspecified atom stereocenters. The van der Waals surface area contributed by atoms with Crippen LogP contribution in [0.5, 0.6) is 11.5 Å². The lowest BCUT2D eigenvalue weighted by atomic mass is 9.83. The fraction of sp³-hybridized carbons (Fsp3) is 0.500. The largest absolute Gasteiger partial charge is 0.486 e. The van der Waals surface area contributed by atoms with Crippen molar-refractivity contribution in [1.29, 1.82) is 0 Å². The van der Waals surface area contributed by atoms with Crippen molar-refractivity contribution >= 4 is 11.9 Å². The first-order valence-corrected chi connectivity index (χ1v) is 7.20. The molecule has 120 valence electrons. The van der Waals surface area contributed by atoms with Crippen LogP contribution in [0.15, 0.2) is 18.2 Å². The molecule has 22 heavy (non-hydrogen) atoms. The van der Waals surface area contributed by atoms with Crippen LogP contribution in [-0.2, 0) is 15.0 Å². The topological polar surface area (TPSA) is 76.1 Å². The third kappa shape index (κ3) is 3.32. The Bertz CT molecular complexity index is 582. The predicted octanol–water partition coefficient (Wildman–Crippen LogP) is 1.67. The van der Waals surface area contributed by atoms with Gasteiger partial charge in [-0.05, 0) is 31.5 Å². The molecule has 1 aromatic carbocycles. The Kier molecular flexibility index (Phi) is 4.59. The van der Waals surface area contributed by atoms with Gasteiger partial charge in [0, 0.05) is 13.6 Å². The van der Waals surface area contributed by atoms with Gasteiger partial charge in [-0.25, -0.2) is 0 Å². The molecule has 2 rings (SSSR count). The normalized spacial score (nSPS) is 13.6. The highest BCUT2D eigenvalue weighted by Gasteiger charge is 2.33. The molecule has 1 amide bonds. The predicted molar refractivity (Wildman–Crippen MR) is 80.3 cm³/mol. The number of carboxylic acid groups (broad SMARTS) is 1. The van der Waals surface area contributed by atoms with E-state index in [1.807, 2.05) is 26.0 Å². The number of carboxylic acids is 1. The maximum absolute atomic E-state index is 12.6.